The lowest BCUT2D eigenvalue weighted by Gasteiger charge is -2.25. The summed E-state index contributed by atoms with van der Waals surface area (Å²) >= 11 is 0. The van der Waals surface area contributed by atoms with Crippen LogP contribution in [0.5, 0.6) is 0 Å². The summed E-state index contributed by atoms with van der Waals surface area (Å²) in [5.41, 5.74) is 3.04. The lowest BCUT2D eigenvalue weighted by molar-refractivity contribution is 0.0785. The molecule has 11 nitrogen and oxygen atoms in total. The number of carboxylic acid groups (broad SMARTS) is 1. The molecule has 1 aromatic heterocycles. The summed E-state index contributed by atoms with van der Waals surface area (Å²) in [6.45, 7) is 2.72. The Hall–Kier alpha value is -4.59. The maximum Gasteiger partial charge on any atom is 0.411 e. The van der Waals surface area contributed by atoms with E-state index >= 15 is 0 Å². The zero-order chi connectivity index (χ0) is 33.7. The normalized spacial score (nSPS) is 13.1. The minimum Gasteiger partial charge on any atom is -0.465 e. The lowest BCUT2D eigenvalue weighted by Crippen LogP contribution is -2.34. The number of benzene rings is 3. The number of amides is 2. The molecule has 5 rings (SSSR count). The largest absolute Gasteiger partial charge is 0.465 e. The van der Waals surface area contributed by atoms with Crippen molar-refractivity contribution in [2.24, 2.45) is 0 Å². The third-order valence-corrected chi connectivity index (χ3v) is 8.88. The molecule has 0 spiro atoms. The number of carbonyl (C=O) groups excluding carboxylic acids is 2. The van der Waals surface area contributed by atoms with Gasteiger partial charge in [-0.15, -0.1) is 0 Å². The van der Waals surface area contributed by atoms with E-state index in [0.717, 1.165) is 24.7 Å². The van der Waals surface area contributed by atoms with Crippen molar-refractivity contribution < 1.29 is 46.2 Å². The number of hydrogen-bond acceptors (Lipinski definition) is 8. The van der Waals surface area contributed by atoms with Crippen molar-refractivity contribution in [2.75, 3.05) is 36.9 Å². The van der Waals surface area contributed by atoms with E-state index in [4.69, 9.17) is 13.9 Å². The Bertz CT molecular complexity index is 1900. The van der Waals surface area contributed by atoms with Crippen LogP contribution in [0.1, 0.15) is 63.9 Å². The lowest BCUT2D eigenvalue weighted by atomic mass is 10.0. The highest BCUT2D eigenvalue weighted by Crippen LogP contribution is 2.48. The van der Waals surface area contributed by atoms with Crippen LogP contribution in [0.2, 0.25) is 0 Å². The van der Waals surface area contributed by atoms with Crippen LogP contribution in [0, 0.1) is 5.82 Å². The predicted octanol–water partition coefficient (Wildman–Crippen LogP) is 6.12. The number of ketones is 1. The number of halogens is 1. The number of rotatable bonds is 15. The van der Waals surface area contributed by atoms with Crippen molar-refractivity contribution in [2.45, 2.75) is 38.7 Å². The van der Waals surface area contributed by atoms with Gasteiger partial charge < -0.3 is 19.0 Å². The number of nitrogens with one attached hydrogen (secondary N) is 1. The first-order valence-corrected chi connectivity index (χ1v) is 16.9. The van der Waals surface area contributed by atoms with Gasteiger partial charge in [0.25, 0.3) is 5.91 Å². The van der Waals surface area contributed by atoms with Crippen LogP contribution in [0.4, 0.5) is 14.9 Å². The summed E-state index contributed by atoms with van der Waals surface area (Å²) in [5.74, 6) is -1.38. The quantitative estimate of drug-likeness (QED) is 0.113. The summed E-state index contributed by atoms with van der Waals surface area (Å²) < 4.78 is 58.5. The van der Waals surface area contributed by atoms with Crippen LogP contribution < -0.4 is 9.62 Å². The molecule has 0 radical (unpaired) electrons. The van der Waals surface area contributed by atoms with Gasteiger partial charge in [0.2, 0.25) is 10.0 Å². The van der Waals surface area contributed by atoms with Crippen LogP contribution in [0.15, 0.2) is 65.1 Å². The molecule has 0 unspecified atom stereocenters. The van der Waals surface area contributed by atoms with Gasteiger partial charge in [-0.25, -0.2) is 17.6 Å². The molecule has 0 aliphatic heterocycles. The number of imide groups is 1. The fourth-order valence-corrected chi connectivity index (χ4v) is 6.25. The second-order valence-electron chi connectivity index (χ2n) is 11.4. The summed E-state index contributed by atoms with van der Waals surface area (Å²) in [7, 11) is -3.78. The van der Waals surface area contributed by atoms with E-state index in [0.29, 0.717) is 54.0 Å². The second kappa shape index (κ2) is 14.4. The van der Waals surface area contributed by atoms with E-state index in [1.165, 1.54) is 35.5 Å². The second-order valence-corrected chi connectivity index (χ2v) is 13.3. The van der Waals surface area contributed by atoms with E-state index in [9.17, 15) is 32.3 Å². The third-order valence-electron chi connectivity index (χ3n) is 7.70. The maximum atomic E-state index is 13.7. The van der Waals surface area contributed by atoms with Crippen LogP contribution in [-0.2, 0) is 26.1 Å². The molecule has 13 heteroatoms. The van der Waals surface area contributed by atoms with Crippen molar-refractivity contribution >= 4 is 44.5 Å². The molecule has 2 amide bonds. The SMILES string of the molecule is CC(=O)c1cccc(COCCCOCCN(c2cc3oc(-c4ccc(F)cc4)c(C(=O)NC(=O)O)c3cc2C2CC2)S(C)(=O)=O)c1. The predicted molar refractivity (Wildman–Crippen MR) is 173 cm³/mol. The van der Waals surface area contributed by atoms with Crippen molar-refractivity contribution in [1.29, 1.82) is 0 Å². The van der Waals surface area contributed by atoms with Gasteiger partial charge >= 0.3 is 6.09 Å². The van der Waals surface area contributed by atoms with E-state index in [2.05, 4.69) is 0 Å². The summed E-state index contributed by atoms with van der Waals surface area (Å²) in [6, 6.07) is 15.7. The number of ether oxygens (including phenoxy) is 2. The topological polar surface area (TPSA) is 152 Å². The van der Waals surface area contributed by atoms with Gasteiger partial charge in [-0.2, -0.15) is 0 Å². The van der Waals surface area contributed by atoms with E-state index in [1.807, 2.05) is 17.4 Å². The Morgan fingerprint density at radius 3 is 2.40 bits per heavy atom. The molecule has 1 heterocycles. The molecule has 0 atom stereocenters. The summed E-state index contributed by atoms with van der Waals surface area (Å²) in [6.07, 6.45) is 1.74. The fraction of sp³-hybridized carbons (Fsp3) is 0.324. The molecule has 0 bridgehead atoms. The number of furan rings is 1. The van der Waals surface area contributed by atoms with Crippen LogP contribution in [-0.4, -0.2) is 63.9 Å². The number of Topliss-reactive ketones (excluding diaryl/α,β-unsaturated/α-hetero) is 1. The Balaban J connectivity index is 1.32. The highest BCUT2D eigenvalue weighted by molar-refractivity contribution is 7.92. The molecule has 4 aromatic rings. The molecule has 1 fully saturated rings. The molecule has 1 saturated carbocycles. The number of nitrogens with zero attached hydrogens (tertiary/aromatic N) is 1. The van der Waals surface area contributed by atoms with Gasteiger partial charge in [0.05, 0.1) is 37.3 Å². The smallest absolute Gasteiger partial charge is 0.411 e. The maximum absolute atomic E-state index is 13.7. The zero-order valence-corrected chi connectivity index (χ0v) is 26.8. The summed E-state index contributed by atoms with van der Waals surface area (Å²) in [5, 5.41) is 11.4. The number of fused-ring (bicyclic) bond motifs is 1. The molecule has 1 aliphatic rings. The fourth-order valence-electron chi connectivity index (χ4n) is 5.32. The first-order valence-electron chi connectivity index (χ1n) is 15.1. The minimum absolute atomic E-state index is 0.0145. The Labute approximate surface area is 271 Å². The Kier molecular flexibility index (Phi) is 10.4. The number of hydrogen-bond donors (Lipinski definition) is 2. The molecule has 248 valence electrons. The number of anilines is 1. The molecular weight excluding hydrogens is 631 g/mol. The molecule has 0 saturated heterocycles. The van der Waals surface area contributed by atoms with Crippen LogP contribution >= 0.6 is 0 Å². The third kappa shape index (κ3) is 8.42. The van der Waals surface area contributed by atoms with Gasteiger partial charge in [0, 0.05) is 35.8 Å². The summed E-state index contributed by atoms with van der Waals surface area (Å²) in [4.78, 5) is 36.0. The van der Waals surface area contributed by atoms with Crippen molar-refractivity contribution in [3.05, 3.63) is 88.7 Å². The first kappa shape index (κ1) is 33.8. The van der Waals surface area contributed by atoms with Crippen LogP contribution in [0.3, 0.4) is 0 Å². The Morgan fingerprint density at radius 2 is 1.74 bits per heavy atom. The van der Waals surface area contributed by atoms with E-state index < -0.39 is 27.8 Å². The molecule has 3 aromatic carbocycles. The van der Waals surface area contributed by atoms with Gasteiger partial charge in [0.1, 0.15) is 17.2 Å². The molecule has 2 N–H and O–H groups in total. The number of carbonyl (C=O) groups is 3. The van der Waals surface area contributed by atoms with Gasteiger partial charge in [0.15, 0.2) is 5.78 Å². The van der Waals surface area contributed by atoms with Crippen molar-refractivity contribution in [3.63, 3.8) is 0 Å². The average Bonchev–Trinajstić information content (AvgIpc) is 3.79. The minimum atomic E-state index is -3.78. The standard InChI is InChI=1S/C34H35FN2O9S/c1-21(38)25-6-3-5-22(17-25)20-45-15-4-14-44-16-13-37(47(2,42)43)29-19-30-28(18-27(29)23-7-8-23)31(33(39)36-34(40)41)32(46-30)24-9-11-26(35)12-10-24/h3,5-6,9-12,17-19,23H,4,7-8,13-16,20H2,1-2H3,(H,36,39)(H,40,41). The highest BCUT2D eigenvalue weighted by Gasteiger charge is 2.33. The zero-order valence-electron chi connectivity index (χ0n) is 26.0. The monoisotopic (exact) mass is 666 g/mol. The average molecular weight is 667 g/mol. The molecular formula is C34H35FN2O9S. The molecule has 47 heavy (non-hydrogen) atoms. The van der Waals surface area contributed by atoms with E-state index in [1.54, 1.807) is 24.3 Å². The number of sulfonamides is 1. The van der Waals surface area contributed by atoms with Crippen LogP contribution in [0.25, 0.3) is 22.3 Å². The van der Waals surface area contributed by atoms with Gasteiger partial charge in [-0.1, -0.05) is 18.2 Å². The van der Waals surface area contributed by atoms with Gasteiger partial charge in [-0.05, 0) is 79.6 Å². The van der Waals surface area contributed by atoms with E-state index in [-0.39, 0.29) is 41.8 Å². The Morgan fingerprint density at radius 1 is 1.02 bits per heavy atom. The highest BCUT2D eigenvalue weighted by atomic mass is 32.2. The van der Waals surface area contributed by atoms with Crippen molar-refractivity contribution in [1.82, 2.24) is 5.32 Å². The first-order chi connectivity index (χ1) is 22.4. The van der Waals surface area contributed by atoms with Gasteiger partial charge in [-0.3, -0.25) is 19.2 Å². The van der Waals surface area contributed by atoms with Crippen molar-refractivity contribution in [3.8, 4) is 11.3 Å². The molecule has 1 aliphatic carbocycles.